The Kier molecular flexibility index (Phi) is 6.16. The smallest absolute Gasteiger partial charge is 0.235 e. The highest BCUT2D eigenvalue weighted by molar-refractivity contribution is 5.79. The second-order valence-corrected chi connectivity index (χ2v) is 10.1. The van der Waals surface area contributed by atoms with Crippen molar-refractivity contribution in [1.82, 2.24) is 20.4 Å². The molecular formula is C23H36N4O3. The molecule has 0 unspecified atom stereocenters. The van der Waals surface area contributed by atoms with Gasteiger partial charge in [0.25, 0.3) is 0 Å². The van der Waals surface area contributed by atoms with Crippen LogP contribution in [0.5, 0.6) is 0 Å². The van der Waals surface area contributed by atoms with Gasteiger partial charge in [-0.05, 0) is 38.0 Å². The van der Waals surface area contributed by atoms with Crippen LogP contribution in [0.25, 0.3) is 0 Å². The molecule has 2 aliphatic carbocycles. The van der Waals surface area contributed by atoms with Crippen molar-refractivity contribution in [2.75, 3.05) is 13.1 Å². The first-order valence-corrected chi connectivity index (χ1v) is 11.8. The third kappa shape index (κ3) is 4.26. The van der Waals surface area contributed by atoms with Gasteiger partial charge in [0.05, 0.1) is 5.41 Å². The van der Waals surface area contributed by atoms with Crippen molar-refractivity contribution in [2.45, 2.75) is 90.0 Å². The lowest BCUT2D eigenvalue weighted by Gasteiger charge is -2.26. The second-order valence-electron chi connectivity index (χ2n) is 10.1. The normalized spacial score (nSPS) is 29.4. The minimum Gasteiger partial charge on any atom is -0.353 e. The highest BCUT2D eigenvalue weighted by Crippen LogP contribution is 2.50. The van der Waals surface area contributed by atoms with E-state index in [1.807, 2.05) is 25.7 Å². The van der Waals surface area contributed by atoms with Crippen LogP contribution in [0.15, 0.2) is 4.52 Å². The van der Waals surface area contributed by atoms with Crippen LogP contribution < -0.4 is 5.32 Å². The average Bonchev–Trinajstić information content (AvgIpc) is 3.39. The topological polar surface area (TPSA) is 88.3 Å². The van der Waals surface area contributed by atoms with Gasteiger partial charge in [-0.15, -0.1) is 0 Å². The Morgan fingerprint density at radius 3 is 2.70 bits per heavy atom. The van der Waals surface area contributed by atoms with Crippen molar-refractivity contribution in [2.24, 2.45) is 17.8 Å². The zero-order valence-electron chi connectivity index (χ0n) is 18.7. The maximum atomic E-state index is 12.6. The van der Waals surface area contributed by atoms with Gasteiger partial charge in [-0.25, -0.2) is 0 Å². The summed E-state index contributed by atoms with van der Waals surface area (Å²) in [6.07, 6.45) is 9.77. The van der Waals surface area contributed by atoms with Crippen molar-refractivity contribution in [3.8, 4) is 0 Å². The number of carbonyl (C=O) groups excluding carboxylic acids is 2. The Morgan fingerprint density at radius 1 is 1.27 bits per heavy atom. The third-order valence-electron chi connectivity index (χ3n) is 7.50. The number of aromatic nitrogens is 2. The molecule has 1 saturated heterocycles. The lowest BCUT2D eigenvalue weighted by molar-refractivity contribution is -0.134. The number of likely N-dealkylation sites (tertiary alicyclic amines) is 1. The van der Waals surface area contributed by atoms with Gasteiger partial charge in [-0.2, -0.15) is 4.98 Å². The summed E-state index contributed by atoms with van der Waals surface area (Å²) in [5.41, 5.74) is -0.340. The molecular weight excluding hydrogens is 380 g/mol. The Morgan fingerprint density at radius 2 is 2.03 bits per heavy atom. The van der Waals surface area contributed by atoms with Crippen LogP contribution in [-0.2, 0) is 15.0 Å². The molecule has 7 nitrogen and oxygen atoms in total. The molecule has 1 aliphatic heterocycles. The Balaban J connectivity index is 1.40. The van der Waals surface area contributed by atoms with Crippen molar-refractivity contribution in [1.29, 1.82) is 0 Å². The van der Waals surface area contributed by atoms with Crippen LogP contribution in [0.4, 0.5) is 0 Å². The minimum atomic E-state index is -0.340. The molecule has 4 rings (SSSR count). The maximum absolute atomic E-state index is 12.6. The van der Waals surface area contributed by atoms with E-state index < -0.39 is 0 Å². The summed E-state index contributed by atoms with van der Waals surface area (Å²) in [7, 11) is 0. The van der Waals surface area contributed by atoms with Crippen LogP contribution >= 0.6 is 0 Å². The van der Waals surface area contributed by atoms with E-state index in [2.05, 4.69) is 15.5 Å². The van der Waals surface area contributed by atoms with Crippen LogP contribution in [0, 0.1) is 24.7 Å². The van der Waals surface area contributed by atoms with Crippen LogP contribution in [0.3, 0.4) is 0 Å². The van der Waals surface area contributed by atoms with Gasteiger partial charge >= 0.3 is 0 Å². The quantitative estimate of drug-likeness (QED) is 0.768. The Hall–Kier alpha value is -1.92. The molecule has 0 aromatic carbocycles. The highest BCUT2D eigenvalue weighted by Gasteiger charge is 2.58. The van der Waals surface area contributed by atoms with Gasteiger partial charge in [0.2, 0.25) is 17.7 Å². The first kappa shape index (κ1) is 21.3. The van der Waals surface area contributed by atoms with E-state index in [0.29, 0.717) is 31.2 Å². The van der Waals surface area contributed by atoms with Gasteiger partial charge in [0, 0.05) is 31.5 Å². The van der Waals surface area contributed by atoms with E-state index in [1.54, 1.807) is 0 Å². The predicted octanol–water partition coefficient (Wildman–Crippen LogP) is 3.37. The molecule has 2 heterocycles. The first-order chi connectivity index (χ1) is 14.4. The Labute approximate surface area is 179 Å². The molecule has 0 bridgehead atoms. The van der Waals surface area contributed by atoms with E-state index in [1.165, 1.54) is 32.1 Å². The fourth-order valence-corrected chi connectivity index (χ4v) is 5.96. The summed E-state index contributed by atoms with van der Waals surface area (Å²) in [4.78, 5) is 31.8. The van der Waals surface area contributed by atoms with Crippen LogP contribution in [0.2, 0.25) is 0 Å². The minimum absolute atomic E-state index is 0.0272. The standard InChI is InChI=1S/C23H36N4O3/c1-15(2)21(29)27-13-18-11-19(12-23(18,14-27)22-24-16(3)26-30-22)25-20(28)10-9-17-7-5-4-6-8-17/h15,17-19H,4-14H2,1-3H3,(H,25,28)/t18-,19+,23-/m0/s1. The lowest BCUT2D eigenvalue weighted by atomic mass is 9.80. The first-order valence-electron chi connectivity index (χ1n) is 11.8. The number of carbonyl (C=O) groups is 2. The molecule has 30 heavy (non-hydrogen) atoms. The van der Waals surface area contributed by atoms with E-state index in [0.717, 1.165) is 25.2 Å². The van der Waals surface area contributed by atoms with Gasteiger partial charge in [-0.1, -0.05) is 51.1 Å². The van der Waals surface area contributed by atoms with E-state index in [-0.39, 0.29) is 35.1 Å². The molecule has 3 fully saturated rings. The number of hydrogen-bond donors (Lipinski definition) is 1. The number of fused-ring (bicyclic) bond motifs is 1. The monoisotopic (exact) mass is 416 g/mol. The van der Waals surface area contributed by atoms with E-state index in [4.69, 9.17) is 4.52 Å². The average molecular weight is 417 g/mol. The predicted molar refractivity (Wildman–Crippen MR) is 113 cm³/mol. The van der Waals surface area contributed by atoms with Crippen LogP contribution in [-0.4, -0.2) is 46.0 Å². The zero-order valence-corrected chi connectivity index (χ0v) is 18.7. The largest absolute Gasteiger partial charge is 0.353 e. The van der Waals surface area contributed by atoms with Gasteiger partial charge < -0.3 is 14.7 Å². The van der Waals surface area contributed by atoms with Crippen molar-refractivity contribution in [3.63, 3.8) is 0 Å². The number of hydrogen-bond acceptors (Lipinski definition) is 5. The number of nitrogens with one attached hydrogen (secondary N) is 1. The summed E-state index contributed by atoms with van der Waals surface area (Å²) >= 11 is 0. The van der Waals surface area contributed by atoms with Gasteiger partial charge in [0.15, 0.2) is 5.82 Å². The van der Waals surface area contributed by atoms with Crippen LogP contribution in [0.1, 0.15) is 83.3 Å². The molecule has 1 aromatic rings. The highest BCUT2D eigenvalue weighted by atomic mass is 16.5. The molecule has 0 radical (unpaired) electrons. The van der Waals surface area contributed by atoms with Gasteiger partial charge in [-0.3, -0.25) is 9.59 Å². The molecule has 7 heteroatoms. The second kappa shape index (κ2) is 8.67. The van der Waals surface area contributed by atoms with Crippen molar-refractivity contribution < 1.29 is 14.1 Å². The van der Waals surface area contributed by atoms with Crippen molar-refractivity contribution >= 4 is 11.8 Å². The van der Waals surface area contributed by atoms with E-state index in [9.17, 15) is 9.59 Å². The molecule has 1 N–H and O–H groups in total. The molecule has 3 atom stereocenters. The summed E-state index contributed by atoms with van der Waals surface area (Å²) < 4.78 is 5.61. The summed E-state index contributed by atoms with van der Waals surface area (Å²) in [5.74, 6) is 2.51. The van der Waals surface area contributed by atoms with Crippen molar-refractivity contribution in [3.05, 3.63) is 11.7 Å². The molecule has 1 aromatic heterocycles. The molecule has 166 valence electrons. The summed E-state index contributed by atoms with van der Waals surface area (Å²) in [6.45, 7) is 7.01. The number of nitrogens with zero attached hydrogens (tertiary/aromatic N) is 3. The molecule has 2 amide bonds. The summed E-state index contributed by atoms with van der Waals surface area (Å²) in [5, 5.41) is 7.29. The molecule has 3 aliphatic rings. The molecule has 2 saturated carbocycles. The Bertz CT molecular complexity index is 770. The fourth-order valence-electron chi connectivity index (χ4n) is 5.96. The maximum Gasteiger partial charge on any atom is 0.235 e. The van der Waals surface area contributed by atoms with E-state index >= 15 is 0 Å². The SMILES string of the molecule is Cc1noc([C@]23C[C@H](NC(=O)CCC4CCCCC4)C[C@H]2CN(C(=O)C(C)C)C3)n1. The zero-order chi connectivity index (χ0) is 21.3. The summed E-state index contributed by atoms with van der Waals surface area (Å²) in [6, 6.07) is 0.109. The lowest BCUT2D eigenvalue weighted by Crippen LogP contribution is -2.40. The molecule has 0 spiro atoms. The number of rotatable bonds is 6. The fraction of sp³-hybridized carbons (Fsp3) is 0.826. The van der Waals surface area contributed by atoms with Gasteiger partial charge in [0.1, 0.15) is 0 Å². The third-order valence-corrected chi connectivity index (χ3v) is 7.50. The number of amides is 2. The number of aryl methyl sites for hydroxylation is 1.